The highest BCUT2D eigenvalue weighted by molar-refractivity contribution is 7.08. The van der Waals surface area contributed by atoms with E-state index in [0.717, 1.165) is 44.9 Å². The molecule has 1 heterocycles. The van der Waals surface area contributed by atoms with Gasteiger partial charge in [0.15, 0.2) is 5.78 Å². The van der Waals surface area contributed by atoms with Crippen LogP contribution < -0.4 is 0 Å². The van der Waals surface area contributed by atoms with E-state index in [1.165, 1.54) is 27.8 Å². The van der Waals surface area contributed by atoms with Crippen LogP contribution in [0.3, 0.4) is 0 Å². The standard InChI is InChI=1S/C32H34O2S/c1-3-15-32(34)16-13-29-27-11-9-23-18-25(33)10-12-26(23)30(27)28(19-31(29,32)4-2)22-7-5-21(6-8-22)24-14-17-35-20-24/h5-8,14,17-18,20,27-29,34H,4,9-13,16,19H2,1-2H3/t27-,28+,29-,31-,32-/m0/s1. The van der Waals surface area contributed by atoms with Gasteiger partial charge in [0.1, 0.15) is 5.60 Å². The number of thiophene rings is 1. The first-order chi connectivity index (χ1) is 17.0. The summed E-state index contributed by atoms with van der Waals surface area (Å²) in [6, 6.07) is 11.3. The van der Waals surface area contributed by atoms with Gasteiger partial charge in [-0.05, 0) is 114 Å². The second-order valence-corrected chi connectivity index (χ2v) is 11.8. The Hall–Kier alpha value is -2.41. The van der Waals surface area contributed by atoms with E-state index in [2.05, 4.69) is 59.9 Å². The molecular formula is C32H34O2S. The van der Waals surface area contributed by atoms with Gasteiger partial charge in [0.2, 0.25) is 0 Å². The van der Waals surface area contributed by atoms with Crippen molar-refractivity contribution in [3.63, 3.8) is 0 Å². The normalized spacial score (nSPS) is 33.9. The van der Waals surface area contributed by atoms with E-state index in [1.54, 1.807) is 16.9 Å². The average Bonchev–Trinajstić information content (AvgIpc) is 3.51. The molecule has 2 fully saturated rings. The average molecular weight is 483 g/mol. The minimum absolute atomic E-state index is 0.187. The molecule has 2 aromatic rings. The number of carbonyl (C=O) groups is 1. The second kappa shape index (κ2) is 8.61. The summed E-state index contributed by atoms with van der Waals surface area (Å²) in [4.78, 5) is 12.3. The first-order valence-corrected chi connectivity index (χ1v) is 14.2. The first kappa shape index (κ1) is 23.0. The van der Waals surface area contributed by atoms with Crippen molar-refractivity contribution in [3.05, 3.63) is 69.5 Å². The summed E-state index contributed by atoms with van der Waals surface area (Å²) in [6.07, 6.45) is 9.24. The van der Waals surface area contributed by atoms with E-state index < -0.39 is 5.60 Å². The first-order valence-electron chi connectivity index (χ1n) is 13.2. The number of rotatable bonds is 3. The minimum Gasteiger partial charge on any atom is -0.377 e. The minimum atomic E-state index is -0.912. The summed E-state index contributed by atoms with van der Waals surface area (Å²) in [5, 5.41) is 16.3. The molecule has 0 amide bonds. The molecule has 4 aliphatic carbocycles. The molecule has 5 atom stereocenters. The van der Waals surface area contributed by atoms with Crippen LogP contribution >= 0.6 is 11.3 Å². The largest absolute Gasteiger partial charge is 0.377 e. The van der Waals surface area contributed by atoms with Gasteiger partial charge >= 0.3 is 0 Å². The highest BCUT2D eigenvalue weighted by atomic mass is 32.1. The molecule has 1 N–H and O–H groups in total. The molecule has 180 valence electrons. The Kier molecular flexibility index (Phi) is 5.66. The number of allylic oxidation sites excluding steroid dienone is 4. The van der Waals surface area contributed by atoms with Gasteiger partial charge in [-0.25, -0.2) is 0 Å². The third kappa shape index (κ3) is 3.45. The molecule has 0 radical (unpaired) electrons. The van der Waals surface area contributed by atoms with E-state index in [4.69, 9.17) is 0 Å². The number of carbonyl (C=O) groups excluding carboxylic acids is 1. The molecule has 0 bridgehead atoms. The Morgan fingerprint density at radius 1 is 1.09 bits per heavy atom. The van der Waals surface area contributed by atoms with Crippen LogP contribution in [-0.2, 0) is 4.79 Å². The topological polar surface area (TPSA) is 37.3 Å². The molecule has 3 heteroatoms. The van der Waals surface area contributed by atoms with Crippen molar-refractivity contribution in [1.82, 2.24) is 0 Å². The lowest BCUT2D eigenvalue weighted by Crippen LogP contribution is -2.52. The fourth-order valence-electron chi connectivity index (χ4n) is 8.20. The van der Waals surface area contributed by atoms with Gasteiger partial charge in [0.05, 0.1) is 0 Å². The van der Waals surface area contributed by atoms with Crippen molar-refractivity contribution in [2.45, 2.75) is 76.7 Å². The molecule has 2 saturated carbocycles. The molecule has 2 nitrogen and oxygen atoms in total. The molecule has 1 aromatic carbocycles. The molecule has 1 aromatic heterocycles. The third-order valence-corrected chi connectivity index (χ3v) is 10.4. The maximum atomic E-state index is 12.3. The zero-order valence-electron chi connectivity index (χ0n) is 20.8. The van der Waals surface area contributed by atoms with Crippen LogP contribution in [0.5, 0.6) is 0 Å². The van der Waals surface area contributed by atoms with Crippen molar-refractivity contribution in [2.75, 3.05) is 0 Å². The van der Waals surface area contributed by atoms with Crippen molar-refractivity contribution >= 4 is 17.1 Å². The van der Waals surface area contributed by atoms with Crippen LogP contribution in [0.25, 0.3) is 11.1 Å². The van der Waals surface area contributed by atoms with Crippen LogP contribution in [0.1, 0.15) is 76.7 Å². The molecule has 35 heavy (non-hydrogen) atoms. The Labute approximate surface area is 213 Å². The zero-order chi connectivity index (χ0) is 24.2. The van der Waals surface area contributed by atoms with Crippen LogP contribution in [0.15, 0.2) is 63.9 Å². The summed E-state index contributed by atoms with van der Waals surface area (Å²) in [5.41, 5.74) is 7.11. The second-order valence-electron chi connectivity index (χ2n) is 11.0. The number of hydrogen-bond donors (Lipinski definition) is 1. The van der Waals surface area contributed by atoms with Crippen molar-refractivity contribution < 1.29 is 9.90 Å². The van der Waals surface area contributed by atoms with Gasteiger partial charge in [0, 0.05) is 17.8 Å². The summed E-state index contributed by atoms with van der Waals surface area (Å²) >= 11 is 1.73. The molecule has 0 unspecified atom stereocenters. The number of benzene rings is 1. The van der Waals surface area contributed by atoms with Crippen LogP contribution in [-0.4, -0.2) is 16.5 Å². The summed E-state index contributed by atoms with van der Waals surface area (Å²) < 4.78 is 0. The van der Waals surface area contributed by atoms with Gasteiger partial charge in [-0.15, -0.1) is 5.92 Å². The molecule has 0 saturated heterocycles. The predicted molar refractivity (Wildman–Crippen MR) is 143 cm³/mol. The number of hydrogen-bond acceptors (Lipinski definition) is 3. The Bertz CT molecular complexity index is 1270. The van der Waals surface area contributed by atoms with E-state index in [1.807, 2.05) is 13.0 Å². The fourth-order valence-corrected chi connectivity index (χ4v) is 8.86. The molecule has 0 spiro atoms. The number of ketones is 1. The maximum Gasteiger partial charge on any atom is 0.156 e. The number of aliphatic hydroxyl groups is 1. The predicted octanol–water partition coefficient (Wildman–Crippen LogP) is 7.46. The highest BCUT2D eigenvalue weighted by Gasteiger charge is 2.64. The molecule has 6 rings (SSSR count). The molecule has 0 aliphatic heterocycles. The maximum absolute atomic E-state index is 12.3. The monoisotopic (exact) mass is 482 g/mol. The van der Waals surface area contributed by atoms with E-state index in [-0.39, 0.29) is 17.1 Å². The van der Waals surface area contributed by atoms with Gasteiger partial charge in [0.25, 0.3) is 0 Å². The van der Waals surface area contributed by atoms with Crippen LogP contribution in [0, 0.1) is 29.1 Å². The van der Waals surface area contributed by atoms with Crippen LogP contribution in [0.2, 0.25) is 0 Å². The SMILES string of the molecule is CC#C[C@]1(O)CC[C@H]2[C@@H]3CCC4=CC(=O)CCC4=C3[C@@H](c3ccc(-c4ccsc4)cc3)C[C@@]21CC. The Morgan fingerprint density at radius 2 is 1.91 bits per heavy atom. The third-order valence-electron chi connectivity index (χ3n) is 9.73. The van der Waals surface area contributed by atoms with E-state index in [0.29, 0.717) is 18.3 Å². The summed E-state index contributed by atoms with van der Waals surface area (Å²) in [5.74, 6) is 7.87. The van der Waals surface area contributed by atoms with E-state index >= 15 is 0 Å². The van der Waals surface area contributed by atoms with Crippen molar-refractivity contribution in [3.8, 4) is 23.0 Å². The smallest absolute Gasteiger partial charge is 0.156 e. The lowest BCUT2D eigenvalue weighted by Gasteiger charge is -2.55. The highest BCUT2D eigenvalue weighted by Crippen LogP contribution is 2.68. The Morgan fingerprint density at radius 3 is 2.63 bits per heavy atom. The molecular weight excluding hydrogens is 448 g/mol. The van der Waals surface area contributed by atoms with Gasteiger partial charge in [-0.1, -0.05) is 42.7 Å². The van der Waals surface area contributed by atoms with Gasteiger partial charge in [-0.3, -0.25) is 4.79 Å². The van der Waals surface area contributed by atoms with E-state index in [9.17, 15) is 9.90 Å². The Balaban J connectivity index is 1.51. The lowest BCUT2D eigenvalue weighted by atomic mass is 9.50. The molecule has 4 aliphatic rings. The number of fused-ring (bicyclic) bond motifs is 4. The van der Waals surface area contributed by atoms with Gasteiger partial charge in [-0.2, -0.15) is 11.3 Å². The van der Waals surface area contributed by atoms with Crippen molar-refractivity contribution in [2.24, 2.45) is 17.3 Å². The summed E-state index contributed by atoms with van der Waals surface area (Å²) in [7, 11) is 0. The van der Waals surface area contributed by atoms with Gasteiger partial charge < -0.3 is 5.11 Å². The van der Waals surface area contributed by atoms with Crippen molar-refractivity contribution in [1.29, 1.82) is 0 Å². The van der Waals surface area contributed by atoms with Crippen LogP contribution in [0.4, 0.5) is 0 Å². The lowest BCUT2D eigenvalue weighted by molar-refractivity contribution is -0.114. The summed E-state index contributed by atoms with van der Waals surface area (Å²) in [6.45, 7) is 4.13. The quantitative estimate of drug-likeness (QED) is 0.461. The zero-order valence-corrected chi connectivity index (χ0v) is 21.6. The fraction of sp³-hybridized carbons (Fsp3) is 0.469.